The standard InChI is InChI=1S/C14H15BrClFN2O3.C12H9BrClFN2O2/c1-3-19(18-8(2)14(21)22)7-9(20)6-10-12(17)5-4-11(16)13(10)15;1-5-11(18)9(12(19)17(2)16-5)8-7(15)4-3-6(14)10(8)13/h4-5H,3,6-7H2,1-2H3,(H,21,22);3-4,18H,1-2H3. The molecule has 15 heteroatoms. The van der Waals surface area contributed by atoms with Gasteiger partial charge in [-0.15, -0.1) is 0 Å². The second-order valence-corrected chi connectivity index (χ2v) is 10.9. The van der Waals surface area contributed by atoms with E-state index >= 15 is 0 Å². The van der Waals surface area contributed by atoms with E-state index in [1.54, 1.807) is 6.92 Å². The number of carbonyl (C=O) groups excluding carboxylic acids is 1. The molecule has 0 spiro atoms. The number of carbonyl (C=O) groups is 2. The molecular weight excluding hydrogens is 717 g/mol. The van der Waals surface area contributed by atoms with E-state index in [2.05, 4.69) is 42.1 Å². The lowest BCUT2D eigenvalue weighted by molar-refractivity contribution is -0.129. The molecule has 1 heterocycles. The Morgan fingerprint density at radius 3 is 2.20 bits per heavy atom. The van der Waals surface area contributed by atoms with Crippen LogP contribution in [0, 0.1) is 18.6 Å². The Balaban J connectivity index is 0.000000289. The van der Waals surface area contributed by atoms with E-state index in [1.807, 2.05) is 0 Å². The summed E-state index contributed by atoms with van der Waals surface area (Å²) in [5.41, 5.74) is -0.566. The van der Waals surface area contributed by atoms with Gasteiger partial charge in [-0.25, -0.2) is 18.3 Å². The van der Waals surface area contributed by atoms with Crippen LogP contribution in [0.4, 0.5) is 8.78 Å². The molecule has 1 aromatic heterocycles. The molecule has 9 nitrogen and oxygen atoms in total. The summed E-state index contributed by atoms with van der Waals surface area (Å²) in [6, 6.07) is 5.09. The van der Waals surface area contributed by atoms with Crippen LogP contribution in [0.15, 0.2) is 43.1 Å². The maximum atomic E-state index is 14.0. The normalized spacial score (nSPS) is 11.1. The van der Waals surface area contributed by atoms with E-state index in [0.717, 1.165) is 10.7 Å². The number of carboxylic acid groups (broad SMARTS) is 1. The number of aromatic nitrogens is 2. The summed E-state index contributed by atoms with van der Waals surface area (Å²) in [6.07, 6.45) is -0.162. The van der Waals surface area contributed by atoms with Gasteiger partial charge < -0.3 is 10.2 Å². The first-order valence-corrected chi connectivity index (χ1v) is 14.0. The van der Waals surface area contributed by atoms with Crippen molar-refractivity contribution in [3.8, 4) is 16.9 Å². The molecule has 0 atom stereocenters. The number of halogens is 6. The molecule has 0 aliphatic carbocycles. The number of aliphatic carboxylic acids is 1. The molecule has 3 rings (SSSR count). The van der Waals surface area contributed by atoms with Crippen LogP contribution in [-0.4, -0.2) is 55.6 Å². The summed E-state index contributed by atoms with van der Waals surface area (Å²) in [5, 5.41) is 28.3. The molecular formula is C26H24Br2Cl2F2N4O5. The van der Waals surface area contributed by atoms with E-state index in [0.29, 0.717) is 16.0 Å². The number of carboxylic acids is 1. The summed E-state index contributed by atoms with van der Waals surface area (Å²) < 4.78 is 29.3. The number of ketones is 1. The van der Waals surface area contributed by atoms with Crippen molar-refractivity contribution in [1.82, 2.24) is 14.8 Å². The average Bonchev–Trinajstić information content (AvgIpc) is 2.91. The van der Waals surface area contributed by atoms with Crippen molar-refractivity contribution in [2.75, 3.05) is 13.1 Å². The highest BCUT2D eigenvalue weighted by Gasteiger charge is 2.22. The van der Waals surface area contributed by atoms with Gasteiger partial charge in [-0.1, -0.05) is 23.2 Å². The zero-order chi connectivity index (χ0) is 31.2. The van der Waals surface area contributed by atoms with Gasteiger partial charge >= 0.3 is 5.97 Å². The molecule has 2 aromatic carbocycles. The molecule has 0 unspecified atom stereocenters. The van der Waals surface area contributed by atoms with Gasteiger partial charge in [-0.2, -0.15) is 10.2 Å². The second-order valence-electron chi connectivity index (χ2n) is 8.46. The highest BCUT2D eigenvalue weighted by molar-refractivity contribution is 9.11. The number of hydrogen-bond donors (Lipinski definition) is 2. The first kappa shape index (κ1) is 34.3. The van der Waals surface area contributed by atoms with Gasteiger partial charge in [0, 0.05) is 40.1 Å². The Morgan fingerprint density at radius 2 is 1.63 bits per heavy atom. The summed E-state index contributed by atoms with van der Waals surface area (Å²) in [6.45, 7) is 4.84. The second kappa shape index (κ2) is 14.9. The first-order valence-electron chi connectivity index (χ1n) is 11.7. The van der Waals surface area contributed by atoms with Gasteiger partial charge in [0.05, 0.1) is 22.2 Å². The van der Waals surface area contributed by atoms with Gasteiger partial charge in [-0.05, 0) is 76.9 Å². The fourth-order valence-electron chi connectivity index (χ4n) is 3.40. The van der Waals surface area contributed by atoms with Crippen molar-refractivity contribution >= 4 is 72.5 Å². The number of likely N-dealkylation sites (N-methyl/N-ethyl adjacent to an activating group) is 1. The van der Waals surface area contributed by atoms with Crippen molar-refractivity contribution < 1.29 is 28.6 Å². The van der Waals surface area contributed by atoms with Gasteiger partial charge in [0.2, 0.25) is 0 Å². The van der Waals surface area contributed by atoms with Crippen LogP contribution in [-0.2, 0) is 23.1 Å². The molecule has 0 fully saturated rings. The summed E-state index contributed by atoms with van der Waals surface area (Å²) >= 11 is 18.1. The topological polar surface area (TPSA) is 125 Å². The van der Waals surface area contributed by atoms with Crippen LogP contribution >= 0.6 is 55.1 Å². The molecule has 0 amide bonds. The third-order valence-corrected chi connectivity index (χ3v) is 8.33. The Kier molecular flexibility index (Phi) is 12.4. The minimum absolute atomic E-state index is 0.0731. The third kappa shape index (κ3) is 8.57. The number of aromatic hydroxyl groups is 1. The molecule has 0 radical (unpaired) electrons. The van der Waals surface area contributed by atoms with E-state index in [4.69, 9.17) is 28.3 Å². The average molecular weight is 741 g/mol. The van der Waals surface area contributed by atoms with Crippen molar-refractivity contribution in [2.24, 2.45) is 12.1 Å². The fourth-order valence-corrected chi connectivity index (χ4v) is 4.72. The number of nitrogens with zero attached hydrogens (tertiary/aromatic N) is 4. The molecule has 220 valence electrons. The largest absolute Gasteiger partial charge is 0.505 e. The van der Waals surface area contributed by atoms with E-state index in [9.17, 15) is 28.3 Å². The zero-order valence-corrected chi connectivity index (χ0v) is 26.8. The predicted molar refractivity (Wildman–Crippen MR) is 160 cm³/mol. The van der Waals surface area contributed by atoms with Crippen LogP contribution in [0.3, 0.4) is 0 Å². The lowest BCUT2D eigenvalue weighted by Crippen LogP contribution is -2.28. The van der Waals surface area contributed by atoms with Crippen molar-refractivity contribution in [2.45, 2.75) is 27.2 Å². The van der Waals surface area contributed by atoms with Crippen LogP contribution < -0.4 is 5.56 Å². The molecule has 0 aliphatic rings. The van der Waals surface area contributed by atoms with Crippen molar-refractivity contribution in [1.29, 1.82) is 0 Å². The van der Waals surface area contributed by atoms with Crippen LogP contribution in [0.1, 0.15) is 25.1 Å². The van der Waals surface area contributed by atoms with E-state index in [1.165, 1.54) is 44.1 Å². The van der Waals surface area contributed by atoms with Gasteiger partial charge in [0.25, 0.3) is 5.56 Å². The maximum absolute atomic E-state index is 14.0. The number of hydrazone groups is 1. The number of benzene rings is 2. The number of rotatable bonds is 8. The van der Waals surface area contributed by atoms with Crippen molar-refractivity contribution in [3.05, 3.63) is 76.5 Å². The monoisotopic (exact) mass is 738 g/mol. The highest BCUT2D eigenvalue weighted by Crippen LogP contribution is 2.38. The van der Waals surface area contributed by atoms with Crippen LogP contribution in [0.5, 0.6) is 5.75 Å². The molecule has 41 heavy (non-hydrogen) atoms. The quantitative estimate of drug-likeness (QED) is 0.161. The van der Waals surface area contributed by atoms with E-state index in [-0.39, 0.29) is 62.1 Å². The molecule has 2 N–H and O–H groups in total. The number of aryl methyl sites for hydroxylation is 2. The van der Waals surface area contributed by atoms with Crippen LogP contribution in [0.25, 0.3) is 11.1 Å². The Morgan fingerprint density at radius 1 is 1.07 bits per heavy atom. The van der Waals surface area contributed by atoms with Crippen LogP contribution in [0.2, 0.25) is 10.0 Å². The summed E-state index contributed by atoms with van der Waals surface area (Å²) in [7, 11) is 1.43. The lowest BCUT2D eigenvalue weighted by Gasteiger charge is -2.17. The molecule has 0 bridgehead atoms. The fraction of sp³-hybridized carbons (Fsp3) is 0.269. The first-order chi connectivity index (χ1) is 19.1. The predicted octanol–water partition coefficient (Wildman–Crippen LogP) is 6.15. The SMILES string of the molecule is CCN(CC(=O)Cc1c(F)ccc(Cl)c1Br)N=C(C)C(=O)O.Cc1nn(C)c(=O)c(-c2c(F)ccc(Cl)c2Br)c1O. The number of Topliss-reactive ketones (excluding diaryl/α,β-unsaturated/α-hetero) is 1. The summed E-state index contributed by atoms with van der Waals surface area (Å²) in [4.78, 5) is 34.9. The minimum atomic E-state index is -1.16. The summed E-state index contributed by atoms with van der Waals surface area (Å²) in [5.74, 6) is -3.00. The van der Waals surface area contributed by atoms with Gasteiger partial charge in [-0.3, -0.25) is 14.6 Å². The Bertz CT molecular complexity index is 1580. The Labute approximate surface area is 260 Å². The number of hydrogen-bond acceptors (Lipinski definition) is 7. The molecule has 0 aliphatic heterocycles. The third-order valence-electron chi connectivity index (χ3n) is 5.52. The van der Waals surface area contributed by atoms with E-state index < -0.39 is 23.2 Å². The highest BCUT2D eigenvalue weighted by atomic mass is 79.9. The lowest BCUT2D eigenvalue weighted by atomic mass is 10.1. The molecule has 0 saturated carbocycles. The van der Waals surface area contributed by atoms with Gasteiger partial charge in [0.1, 0.15) is 23.0 Å². The van der Waals surface area contributed by atoms with Crippen molar-refractivity contribution in [3.63, 3.8) is 0 Å². The van der Waals surface area contributed by atoms with Gasteiger partial charge in [0.15, 0.2) is 11.5 Å². The molecule has 3 aromatic rings. The minimum Gasteiger partial charge on any atom is -0.505 e. The maximum Gasteiger partial charge on any atom is 0.351 e. The Hall–Kier alpha value is -2.87. The molecule has 0 saturated heterocycles. The smallest absolute Gasteiger partial charge is 0.351 e. The zero-order valence-electron chi connectivity index (χ0n) is 22.1.